The minimum atomic E-state index is -1.58. The van der Waals surface area contributed by atoms with Crippen molar-refractivity contribution >= 4 is 41.4 Å². The zero-order valence-electron chi connectivity index (χ0n) is 30.3. The number of hydrogen-bond donors (Lipinski definition) is 12. The van der Waals surface area contributed by atoms with Crippen molar-refractivity contribution in [3.63, 3.8) is 0 Å². The van der Waals surface area contributed by atoms with E-state index in [1.54, 1.807) is 13.8 Å². The van der Waals surface area contributed by atoms with Crippen molar-refractivity contribution in [1.82, 2.24) is 41.9 Å². The van der Waals surface area contributed by atoms with Gasteiger partial charge in [-0.1, -0.05) is 26.0 Å². The van der Waals surface area contributed by atoms with Gasteiger partial charge < -0.3 is 63.7 Å². The van der Waals surface area contributed by atoms with Crippen molar-refractivity contribution < 1.29 is 48.9 Å². The van der Waals surface area contributed by atoms with E-state index in [2.05, 4.69) is 41.9 Å². The standard InChI is InChI=1S/C34H52N10O10/c1-19(2)11-25(42-29(48)15-38-30(49)23(36)13-21-14-37-18-40-21)32(51)43-26(12-20-6-8-22(46)9-7-20)33(52)44-27(17-45)31(50)39-16-28(47)41-24(34(53)54)5-3-4-10-35/h6-9,14,18-19,23-27,45-46H,3-5,10-13,15-17,35-36H2,1-2H3,(H,37,40)(H,38,49)(H,39,50)(H,41,47)(H,42,48)(H,43,51)(H,44,52)(H,53,54)/t23-,24-,25-,26-,27-/m0/s1. The summed E-state index contributed by atoms with van der Waals surface area (Å²) in [5.41, 5.74) is 12.5. The van der Waals surface area contributed by atoms with Gasteiger partial charge >= 0.3 is 5.97 Å². The molecule has 298 valence electrons. The average molecular weight is 761 g/mol. The number of nitrogens with one attached hydrogen (secondary N) is 7. The van der Waals surface area contributed by atoms with Crippen LogP contribution in [0, 0.1) is 5.92 Å². The SMILES string of the molecule is CC(C)C[C@H](NC(=O)CNC(=O)[C@@H](N)Cc1cnc[nH]1)C(=O)N[C@@H](Cc1ccc(O)cc1)C(=O)N[C@@H](CO)C(=O)NCC(=O)N[C@@H](CCCCN)C(=O)O. The lowest BCUT2D eigenvalue weighted by atomic mass is 10.0. The summed E-state index contributed by atoms with van der Waals surface area (Å²) in [6.45, 7) is 1.90. The summed E-state index contributed by atoms with van der Waals surface area (Å²) in [7, 11) is 0. The molecule has 20 nitrogen and oxygen atoms in total. The minimum Gasteiger partial charge on any atom is -0.508 e. The number of nitrogens with zero attached hydrogens (tertiary/aromatic N) is 1. The van der Waals surface area contributed by atoms with E-state index in [-0.39, 0.29) is 37.4 Å². The molecular formula is C34H52N10O10. The number of aromatic amines is 1. The van der Waals surface area contributed by atoms with E-state index >= 15 is 0 Å². The van der Waals surface area contributed by atoms with E-state index < -0.39 is 91.3 Å². The Bertz CT molecular complexity index is 1540. The molecule has 0 aliphatic heterocycles. The minimum absolute atomic E-state index is 0.0517. The number of unbranched alkanes of at least 4 members (excludes halogenated alkanes) is 1. The van der Waals surface area contributed by atoms with E-state index in [9.17, 15) is 48.9 Å². The Kier molecular flexibility index (Phi) is 19.1. The zero-order chi connectivity index (χ0) is 40.2. The lowest BCUT2D eigenvalue weighted by molar-refractivity contribution is -0.142. The first kappa shape index (κ1) is 44.6. The van der Waals surface area contributed by atoms with Gasteiger partial charge in [0.05, 0.1) is 32.1 Å². The second-order valence-corrected chi connectivity index (χ2v) is 13.0. The van der Waals surface area contributed by atoms with Crippen LogP contribution < -0.4 is 43.4 Å². The van der Waals surface area contributed by atoms with Gasteiger partial charge in [0, 0.05) is 24.7 Å². The average Bonchev–Trinajstić information content (AvgIpc) is 3.64. The summed E-state index contributed by atoms with van der Waals surface area (Å²) in [4.78, 5) is 95.9. The number of carbonyl (C=O) groups excluding carboxylic acids is 6. The quantitative estimate of drug-likeness (QED) is 0.0466. The second-order valence-electron chi connectivity index (χ2n) is 13.0. The molecule has 0 fully saturated rings. The molecule has 2 rings (SSSR count). The predicted molar refractivity (Wildman–Crippen MR) is 193 cm³/mol. The van der Waals surface area contributed by atoms with Crippen LogP contribution in [0.15, 0.2) is 36.8 Å². The maximum Gasteiger partial charge on any atom is 0.326 e. The predicted octanol–water partition coefficient (Wildman–Crippen LogP) is -3.35. The summed E-state index contributed by atoms with van der Waals surface area (Å²) in [5, 5.41) is 43.5. The van der Waals surface area contributed by atoms with Crippen molar-refractivity contribution in [2.75, 3.05) is 26.2 Å². The van der Waals surface area contributed by atoms with E-state index in [0.29, 0.717) is 30.6 Å². The number of rotatable bonds is 24. The number of aliphatic hydroxyl groups excluding tert-OH is 1. The molecule has 5 atom stereocenters. The summed E-state index contributed by atoms with van der Waals surface area (Å²) < 4.78 is 0. The number of H-pyrrole nitrogens is 1. The van der Waals surface area contributed by atoms with Gasteiger partial charge in [-0.2, -0.15) is 0 Å². The highest BCUT2D eigenvalue weighted by Gasteiger charge is 2.31. The Morgan fingerprint density at radius 2 is 1.37 bits per heavy atom. The maximum absolute atomic E-state index is 13.6. The highest BCUT2D eigenvalue weighted by atomic mass is 16.4. The monoisotopic (exact) mass is 760 g/mol. The summed E-state index contributed by atoms with van der Waals surface area (Å²) >= 11 is 0. The van der Waals surface area contributed by atoms with Crippen molar-refractivity contribution in [3.05, 3.63) is 48.0 Å². The van der Waals surface area contributed by atoms with Gasteiger partial charge in [0.2, 0.25) is 35.4 Å². The van der Waals surface area contributed by atoms with Crippen LogP contribution in [0.25, 0.3) is 0 Å². The Hall–Kier alpha value is -5.60. The third kappa shape index (κ3) is 16.4. The molecule has 0 aliphatic carbocycles. The fourth-order valence-corrected chi connectivity index (χ4v) is 5.07. The number of hydrogen-bond acceptors (Lipinski definition) is 12. The van der Waals surface area contributed by atoms with Crippen LogP contribution in [0.5, 0.6) is 5.75 Å². The van der Waals surface area contributed by atoms with E-state index in [0.717, 1.165) is 0 Å². The highest BCUT2D eigenvalue weighted by molar-refractivity contribution is 5.96. The smallest absolute Gasteiger partial charge is 0.326 e. The van der Waals surface area contributed by atoms with Crippen LogP contribution >= 0.6 is 0 Å². The molecule has 2 aromatic rings. The lowest BCUT2D eigenvalue weighted by Gasteiger charge is -2.26. The zero-order valence-corrected chi connectivity index (χ0v) is 30.3. The largest absolute Gasteiger partial charge is 0.508 e. The third-order valence-corrected chi connectivity index (χ3v) is 7.94. The van der Waals surface area contributed by atoms with Gasteiger partial charge in [0.15, 0.2) is 0 Å². The van der Waals surface area contributed by atoms with E-state index in [4.69, 9.17) is 11.5 Å². The van der Waals surface area contributed by atoms with E-state index in [1.165, 1.54) is 36.8 Å². The van der Waals surface area contributed by atoms with Gasteiger partial charge in [-0.25, -0.2) is 9.78 Å². The van der Waals surface area contributed by atoms with Crippen molar-refractivity contribution in [2.45, 2.75) is 82.6 Å². The number of aromatic nitrogens is 2. The van der Waals surface area contributed by atoms with Crippen LogP contribution in [0.4, 0.5) is 0 Å². The van der Waals surface area contributed by atoms with Crippen molar-refractivity contribution in [2.24, 2.45) is 17.4 Å². The number of nitrogens with two attached hydrogens (primary N) is 2. The lowest BCUT2D eigenvalue weighted by Crippen LogP contribution is -2.59. The van der Waals surface area contributed by atoms with E-state index in [1.807, 2.05) is 0 Å². The van der Waals surface area contributed by atoms with Crippen molar-refractivity contribution in [3.8, 4) is 5.75 Å². The molecule has 0 radical (unpaired) electrons. The van der Waals surface area contributed by atoms with Gasteiger partial charge in [-0.15, -0.1) is 0 Å². The number of benzene rings is 1. The number of imidazole rings is 1. The van der Waals surface area contributed by atoms with Crippen LogP contribution in [0.1, 0.15) is 50.8 Å². The number of aromatic hydroxyl groups is 1. The van der Waals surface area contributed by atoms with Gasteiger partial charge in [0.25, 0.3) is 0 Å². The molecule has 0 aliphatic rings. The fraction of sp³-hybridized carbons (Fsp3) is 0.529. The third-order valence-electron chi connectivity index (χ3n) is 7.94. The Balaban J connectivity index is 2.11. The maximum atomic E-state index is 13.6. The number of aliphatic carboxylic acids is 1. The molecule has 0 spiro atoms. The number of phenolic OH excluding ortho intramolecular Hbond substituents is 1. The number of carbonyl (C=O) groups is 7. The fourth-order valence-electron chi connectivity index (χ4n) is 5.07. The van der Waals surface area contributed by atoms with Crippen LogP contribution in [-0.4, -0.2) is 123 Å². The second kappa shape index (κ2) is 23.1. The molecule has 1 heterocycles. The summed E-state index contributed by atoms with van der Waals surface area (Å²) in [6, 6.07) is -0.566. The Labute approximate surface area is 312 Å². The molecule has 1 aromatic carbocycles. The van der Waals surface area contributed by atoms with Crippen LogP contribution in [0.2, 0.25) is 0 Å². The summed E-state index contributed by atoms with van der Waals surface area (Å²) in [6.07, 6.45) is 4.21. The Morgan fingerprint density at radius 3 is 1.93 bits per heavy atom. The topological polar surface area (TPSA) is 333 Å². The van der Waals surface area contributed by atoms with Crippen LogP contribution in [-0.2, 0) is 46.4 Å². The van der Waals surface area contributed by atoms with Gasteiger partial charge in [-0.3, -0.25) is 28.8 Å². The molecule has 0 saturated carbocycles. The molecule has 0 saturated heterocycles. The highest BCUT2D eigenvalue weighted by Crippen LogP contribution is 2.13. The summed E-state index contributed by atoms with van der Waals surface area (Å²) in [5.74, 6) is -6.21. The molecule has 1 aromatic heterocycles. The number of amides is 6. The molecule has 14 N–H and O–H groups in total. The normalized spacial score (nSPS) is 13.7. The molecule has 6 amide bonds. The molecule has 0 unspecified atom stereocenters. The van der Waals surface area contributed by atoms with Crippen molar-refractivity contribution in [1.29, 1.82) is 0 Å². The number of aliphatic hydroxyl groups is 1. The van der Waals surface area contributed by atoms with Crippen LogP contribution in [0.3, 0.4) is 0 Å². The molecule has 0 bridgehead atoms. The first-order valence-corrected chi connectivity index (χ1v) is 17.4. The molecular weight excluding hydrogens is 708 g/mol. The number of carboxylic acid groups (broad SMARTS) is 1. The first-order chi connectivity index (χ1) is 25.6. The van der Waals surface area contributed by atoms with Gasteiger partial charge in [0.1, 0.15) is 29.9 Å². The number of phenols is 1. The van der Waals surface area contributed by atoms with Gasteiger partial charge in [-0.05, 0) is 55.8 Å². The Morgan fingerprint density at radius 1 is 0.778 bits per heavy atom. The molecule has 54 heavy (non-hydrogen) atoms. The first-order valence-electron chi connectivity index (χ1n) is 17.4. The molecule has 20 heteroatoms. The number of carboxylic acids is 1.